The number of carbonyl (C=O) groups excluding carboxylic acids is 1. The highest BCUT2D eigenvalue weighted by Gasteiger charge is 2.34. The second-order valence-electron chi connectivity index (χ2n) is 5.73. The molecular weight excluding hydrogens is 322 g/mol. The first-order chi connectivity index (χ1) is 10.3. The first-order valence-electron chi connectivity index (χ1n) is 6.73. The Morgan fingerprint density at radius 1 is 1.32 bits per heavy atom. The van der Waals surface area contributed by atoms with Crippen molar-refractivity contribution in [2.24, 2.45) is 5.41 Å². The average Bonchev–Trinajstić information content (AvgIpc) is 2.93. The number of nitrogens with zero attached hydrogens (tertiary/aromatic N) is 3. The summed E-state index contributed by atoms with van der Waals surface area (Å²) >= 11 is 7.28. The molecule has 0 spiro atoms. The fraction of sp³-hybridized carbons (Fsp3) is 0.400. The van der Waals surface area contributed by atoms with Crippen LogP contribution in [0.1, 0.15) is 27.0 Å². The zero-order chi connectivity index (χ0) is 16.3. The summed E-state index contributed by atoms with van der Waals surface area (Å²) in [5.74, 6) is 0.470. The number of benzene rings is 1. The number of rotatable bonds is 5. The first-order valence-corrected chi connectivity index (χ1v) is 8.33. The van der Waals surface area contributed by atoms with Crippen molar-refractivity contribution in [3.05, 3.63) is 35.6 Å². The van der Waals surface area contributed by atoms with E-state index in [1.807, 2.05) is 27.0 Å². The largest absolute Gasteiger partial charge is 0.461 e. The Bertz CT molecular complexity index is 650. The van der Waals surface area contributed by atoms with E-state index in [9.17, 15) is 4.79 Å². The Labute approximate surface area is 139 Å². The van der Waals surface area contributed by atoms with Crippen LogP contribution in [0.2, 0.25) is 5.02 Å². The fourth-order valence-corrected chi connectivity index (χ4v) is 2.38. The molecule has 7 heteroatoms. The molecule has 1 atom stereocenters. The topological polar surface area (TPSA) is 57.0 Å². The van der Waals surface area contributed by atoms with E-state index >= 15 is 0 Å². The van der Waals surface area contributed by atoms with Gasteiger partial charge in [-0.05, 0) is 30.5 Å². The molecule has 1 heterocycles. The summed E-state index contributed by atoms with van der Waals surface area (Å²) in [6.45, 7) is 5.55. The molecule has 2 aromatic rings. The third-order valence-corrected chi connectivity index (χ3v) is 3.88. The molecule has 22 heavy (non-hydrogen) atoms. The van der Waals surface area contributed by atoms with Gasteiger partial charge in [0.1, 0.15) is 12.1 Å². The Hall–Kier alpha value is -1.53. The predicted octanol–water partition coefficient (Wildman–Crippen LogP) is 3.85. The van der Waals surface area contributed by atoms with Crippen molar-refractivity contribution in [3.63, 3.8) is 0 Å². The smallest absolute Gasteiger partial charge is 0.253 e. The molecule has 118 valence electrons. The number of ether oxygens (including phenoxy) is 1. The Morgan fingerprint density at radius 2 is 1.95 bits per heavy atom. The van der Waals surface area contributed by atoms with Crippen molar-refractivity contribution in [2.45, 2.75) is 32.2 Å². The van der Waals surface area contributed by atoms with Crippen LogP contribution in [0.4, 0.5) is 0 Å². The van der Waals surface area contributed by atoms with Gasteiger partial charge in [-0.25, -0.2) is 4.98 Å². The van der Waals surface area contributed by atoms with Crippen molar-refractivity contribution in [1.82, 2.24) is 14.8 Å². The standard InChI is InChI=1S/C15H18ClN3O2S/c1-15(2,3)12(20)13(19-14(22-4)17-9-18-19)21-11-7-5-10(16)6-8-11/h5-9,13H,1-4H3. The van der Waals surface area contributed by atoms with Crippen LogP contribution in [-0.4, -0.2) is 26.8 Å². The quantitative estimate of drug-likeness (QED) is 0.774. The minimum absolute atomic E-state index is 0.0803. The third kappa shape index (κ3) is 3.81. The second-order valence-corrected chi connectivity index (χ2v) is 6.94. The average molecular weight is 340 g/mol. The Morgan fingerprint density at radius 3 is 2.50 bits per heavy atom. The van der Waals surface area contributed by atoms with E-state index in [0.29, 0.717) is 15.9 Å². The van der Waals surface area contributed by atoms with E-state index < -0.39 is 11.6 Å². The molecule has 2 rings (SSSR count). The number of hydrogen-bond donors (Lipinski definition) is 0. The number of carbonyl (C=O) groups is 1. The van der Waals surface area contributed by atoms with E-state index in [-0.39, 0.29) is 5.78 Å². The van der Waals surface area contributed by atoms with Gasteiger partial charge in [-0.15, -0.1) is 0 Å². The maximum absolute atomic E-state index is 12.8. The lowest BCUT2D eigenvalue weighted by Crippen LogP contribution is -2.35. The van der Waals surface area contributed by atoms with Gasteiger partial charge in [0.2, 0.25) is 5.78 Å². The molecular formula is C15H18ClN3O2S. The normalized spacial score (nSPS) is 13.0. The molecule has 0 bridgehead atoms. The molecule has 0 aliphatic heterocycles. The molecule has 0 fully saturated rings. The van der Waals surface area contributed by atoms with Crippen molar-refractivity contribution in [2.75, 3.05) is 6.26 Å². The highest BCUT2D eigenvalue weighted by Crippen LogP contribution is 2.29. The molecule has 5 nitrogen and oxygen atoms in total. The molecule has 0 aliphatic carbocycles. The first kappa shape index (κ1) is 16.8. The SMILES string of the molecule is CSc1ncnn1C(Oc1ccc(Cl)cc1)C(=O)C(C)(C)C. The van der Waals surface area contributed by atoms with Gasteiger partial charge < -0.3 is 4.74 Å². The zero-order valence-electron chi connectivity index (χ0n) is 12.9. The van der Waals surface area contributed by atoms with Gasteiger partial charge in [0.15, 0.2) is 5.16 Å². The summed E-state index contributed by atoms with van der Waals surface area (Å²) in [5.41, 5.74) is -0.571. The Balaban J connectivity index is 2.37. The molecule has 0 amide bonds. The summed E-state index contributed by atoms with van der Waals surface area (Å²) in [6, 6.07) is 6.88. The summed E-state index contributed by atoms with van der Waals surface area (Å²) in [6.07, 6.45) is 2.42. The van der Waals surface area contributed by atoms with E-state index in [1.54, 1.807) is 24.3 Å². The molecule has 0 saturated heterocycles. The number of hydrogen-bond acceptors (Lipinski definition) is 5. The molecule has 1 aromatic carbocycles. The van der Waals surface area contributed by atoms with Crippen molar-refractivity contribution >= 4 is 29.1 Å². The van der Waals surface area contributed by atoms with Crippen LogP contribution in [-0.2, 0) is 4.79 Å². The molecule has 1 aromatic heterocycles. The maximum atomic E-state index is 12.8. The van der Waals surface area contributed by atoms with Crippen LogP contribution in [0.3, 0.4) is 0 Å². The molecule has 0 radical (unpaired) electrons. The van der Waals surface area contributed by atoms with Gasteiger partial charge in [0, 0.05) is 10.4 Å². The lowest BCUT2D eigenvalue weighted by Gasteiger charge is -2.25. The number of Topliss-reactive ketones (excluding diaryl/α,β-unsaturated/α-hetero) is 1. The molecule has 0 aliphatic rings. The van der Waals surface area contributed by atoms with Gasteiger partial charge in [-0.2, -0.15) is 9.78 Å². The summed E-state index contributed by atoms with van der Waals surface area (Å²) in [5, 5.41) is 5.38. The zero-order valence-corrected chi connectivity index (χ0v) is 14.5. The van der Waals surface area contributed by atoms with Gasteiger partial charge in [0.25, 0.3) is 6.23 Å². The maximum Gasteiger partial charge on any atom is 0.253 e. The van der Waals surface area contributed by atoms with E-state index in [4.69, 9.17) is 16.3 Å². The van der Waals surface area contributed by atoms with Crippen LogP contribution in [0.25, 0.3) is 0 Å². The van der Waals surface area contributed by atoms with Crippen LogP contribution >= 0.6 is 23.4 Å². The van der Waals surface area contributed by atoms with Gasteiger partial charge in [-0.3, -0.25) is 4.79 Å². The third-order valence-electron chi connectivity index (χ3n) is 2.97. The van der Waals surface area contributed by atoms with Crippen molar-refractivity contribution < 1.29 is 9.53 Å². The predicted molar refractivity (Wildman–Crippen MR) is 87.4 cm³/mol. The lowest BCUT2D eigenvalue weighted by molar-refractivity contribution is -0.138. The monoisotopic (exact) mass is 339 g/mol. The number of ketones is 1. The van der Waals surface area contributed by atoms with Gasteiger partial charge >= 0.3 is 0 Å². The van der Waals surface area contributed by atoms with Crippen LogP contribution in [0.15, 0.2) is 35.7 Å². The highest BCUT2D eigenvalue weighted by atomic mass is 35.5. The van der Waals surface area contributed by atoms with E-state index in [2.05, 4.69) is 10.1 Å². The Kier molecular flexibility index (Phi) is 5.13. The molecule has 0 N–H and O–H groups in total. The minimum Gasteiger partial charge on any atom is -0.461 e. The fourth-order valence-electron chi connectivity index (χ4n) is 1.77. The minimum atomic E-state index is -0.869. The van der Waals surface area contributed by atoms with Crippen molar-refractivity contribution in [1.29, 1.82) is 0 Å². The van der Waals surface area contributed by atoms with Crippen molar-refractivity contribution in [3.8, 4) is 5.75 Å². The van der Waals surface area contributed by atoms with Gasteiger partial charge in [-0.1, -0.05) is 44.1 Å². The summed E-state index contributed by atoms with van der Waals surface area (Å²) in [4.78, 5) is 16.9. The lowest BCUT2D eigenvalue weighted by atomic mass is 9.90. The van der Waals surface area contributed by atoms with Crippen LogP contribution in [0.5, 0.6) is 5.75 Å². The number of aromatic nitrogens is 3. The van der Waals surface area contributed by atoms with E-state index in [1.165, 1.54) is 22.8 Å². The van der Waals surface area contributed by atoms with Crippen LogP contribution in [0, 0.1) is 5.41 Å². The molecule has 0 saturated carbocycles. The van der Waals surface area contributed by atoms with Crippen LogP contribution < -0.4 is 4.74 Å². The summed E-state index contributed by atoms with van der Waals surface area (Å²) in [7, 11) is 0. The number of halogens is 1. The molecule has 1 unspecified atom stereocenters. The summed E-state index contributed by atoms with van der Waals surface area (Å²) < 4.78 is 7.39. The van der Waals surface area contributed by atoms with E-state index in [0.717, 1.165) is 0 Å². The van der Waals surface area contributed by atoms with Gasteiger partial charge in [0.05, 0.1) is 0 Å². The number of thioether (sulfide) groups is 1. The second kappa shape index (κ2) is 6.71. The highest BCUT2D eigenvalue weighted by molar-refractivity contribution is 7.98.